The standard InChI is InChI=1S/C25H28N4O4/c1-16-12-18(6-9-23(16)30)22-13-21(26-25(32)27-22)17-4-7-20(8-5-17)33-15-24(31)29(3)19-10-11-28(2)14-19/h4-9,12-13,19,30H,10-11,14-15H2,1-3H3,(H,26,27,32). The van der Waals surface area contributed by atoms with E-state index in [2.05, 4.69) is 21.9 Å². The number of likely N-dealkylation sites (N-methyl/N-ethyl adjacent to an activating group) is 2. The Morgan fingerprint density at radius 3 is 2.61 bits per heavy atom. The third kappa shape index (κ3) is 5.23. The number of aromatic hydroxyl groups is 1. The van der Waals surface area contributed by atoms with E-state index in [1.807, 2.05) is 19.2 Å². The van der Waals surface area contributed by atoms with Crippen molar-refractivity contribution in [2.24, 2.45) is 0 Å². The number of aryl methyl sites for hydroxylation is 1. The van der Waals surface area contributed by atoms with Gasteiger partial charge in [0.2, 0.25) is 0 Å². The van der Waals surface area contributed by atoms with Crippen molar-refractivity contribution in [1.82, 2.24) is 19.8 Å². The molecule has 1 saturated heterocycles. The van der Waals surface area contributed by atoms with Gasteiger partial charge in [0, 0.05) is 25.2 Å². The number of H-pyrrole nitrogens is 1. The smallest absolute Gasteiger partial charge is 0.345 e. The average Bonchev–Trinajstić information content (AvgIpc) is 3.25. The number of aromatic amines is 1. The Labute approximate surface area is 192 Å². The molecule has 0 saturated carbocycles. The second-order valence-electron chi connectivity index (χ2n) is 8.51. The van der Waals surface area contributed by atoms with Crippen LogP contribution < -0.4 is 10.4 Å². The molecule has 1 aromatic heterocycles. The zero-order valence-electron chi connectivity index (χ0n) is 19.0. The van der Waals surface area contributed by atoms with E-state index in [0.29, 0.717) is 22.7 Å². The number of hydrogen-bond acceptors (Lipinski definition) is 6. The number of ether oxygens (including phenoxy) is 1. The van der Waals surface area contributed by atoms with Crippen LogP contribution in [0.5, 0.6) is 11.5 Å². The van der Waals surface area contributed by atoms with Crippen LogP contribution in [0.4, 0.5) is 0 Å². The lowest BCUT2D eigenvalue weighted by atomic mass is 10.1. The van der Waals surface area contributed by atoms with E-state index in [1.165, 1.54) is 0 Å². The maximum absolute atomic E-state index is 12.5. The first-order chi connectivity index (χ1) is 15.8. The first-order valence-corrected chi connectivity index (χ1v) is 10.9. The highest BCUT2D eigenvalue weighted by molar-refractivity contribution is 5.78. The number of carbonyl (C=O) groups excluding carboxylic acids is 1. The number of nitrogens with zero attached hydrogens (tertiary/aromatic N) is 3. The fourth-order valence-electron chi connectivity index (χ4n) is 3.98. The summed E-state index contributed by atoms with van der Waals surface area (Å²) >= 11 is 0. The molecule has 1 amide bonds. The summed E-state index contributed by atoms with van der Waals surface area (Å²) in [4.78, 5) is 35.4. The number of phenols is 1. The summed E-state index contributed by atoms with van der Waals surface area (Å²) in [5.74, 6) is 0.723. The van der Waals surface area contributed by atoms with Crippen molar-refractivity contribution in [3.63, 3.8) is 0 Å². The average molecular weight is 449 g/mol. The van der Waals surface area contributed by atoms with Gasteiger partial charge in [0.05, 0.1) is 11.4 Å². The fraction of sp³-hybridized carbons (Fsp3) is 0.320. The Bertz CT molecular complexity index is 1210. The molecule has 4 rings (SSSR count). The van der Waals surface area contributed by atoms with E-state index in [4.69, 9.17) is 4.74 Å². The van der Waals surface area contributed by atoms with Gasteiger partial charge in [0.25, 0.3) is 5.91 Å². The Balaban J connectivity index is 1.45. The van der Waals surface area contributed by atoms with Crippen molar-refractivity contribution in [2.75, 3.05) is 33.8 Å². The third-order valence-electron chi connectivity index (χ3n) is 6.07. The van der Waals surface area contributed by atoms with E-state index < -0.39 is 5.69 Å². The van der Waals surface area contributed by atoms with Crippen molar-refractivity contribution >= 4 is 5.91 Å². The Morgan fingerprint density at radius 2 is 1.94 bits per heavy atom. The number of carbonyl (C=O) groups is 1. The zero-order chi connectivity index (χ0) is 23.5. The van der Waals surface area contributed by atoms with Crippen LogP contribution in [0, 0.1) is 6.92 Å². The molecule has 0 bridgehead atoms. The quantitative estimate of drug-likeness (QED) is 0.602. The lowest BCUT2D eigenvalue weighted by molar-refractivity contribution is -0.133. The molecule has 33 heavy (non-hydrogen) atoms. The van der Waals surface area contributed by atoms with Gasteiger partial charge in [-0.2, -0.15) is 4.98 Å². The van der Waals surface area contributed by atoms with Gasteiger partial charge in [-0.3, -0.25) is 4.79 Å². The maximum Gasteiger partial charge on any atom is 0.345 e. The first-order valence-electron chi connectivity index (χ1n) is 10.9. The molecule has 0 radical (unpaired) electrons. The number of aromatic nitrogens is 2. The molecule has 2 aromatic carbocycles. The summed E-state index contributed by atoms with van der Waals surface area (Å²) in [5, 5.41) is 9.75. The molecule has 3 aromatic rings. The number of phenolic OH excluding ortho intramolecular Hbond substituents is 1. The lowest BCUT2D eigenvalue weighted by Crippen LogP contribution is -2.41. The van der Waals surface area contributed by atoms with E-state index in [-0.39, 0.29) is 24.3 Å². The number of hydrogen-bond donors (Lipinski definition) is 2. The van der Waals surface area contributed by atoms with Gasteiger partial charge in [-0.25, -0.2) is 4.79 Å². The molecule has 8 nitrogen and oxygen atoms in total. The second-order valence-corrected chi connectivity index (χ2v) is 8.51. The van der Waals surface area contributed by atoms with E-state index in [1.54, 1.807) is 48.2 Å². The monoisotopic (exact) mass is 448 g/mol. The number of nitrogens with one attached hydrogen (secondary N) is 1. The predicted molar refractivity (Wildman–Crippen MR) is 126 cm³/mol. The van der Waals surface area contributed by atoms with Crippen molar-refractivity contribution in [1.29, 1.82) is 0 Å². The summed E-state index contributed by atoms with van der Waals surface area (Å²) in [6.45, 7) is 3.65. The molecule has 1 aliphatic rings. The van der Waals surface area contributed by atoms with Crippen molar-refractivity contribution in [2.45, 2.75) is 19.4 Å². The largest absolute Gasteiger partial charge is 0.508 e. The number of amides is 1. The minimum atomic E-state index is -0.459. The van der Waals surface area contributed by atoms with Crippen LogP contribution in [0.1, 0.15) is 12.0 Å². The number of benzene rings is 2. The number of likely N-dealkylation sites (tertiary alicyclic amines) is 1. The van der Waals surface area contributed by atoms with Gasteiger partial charge < -0.3 is 24.6 Å². The molecular formula is C25H28N4O4. The van der Waals surface area contributed by atoms with Crippen LogP contribution in [-0.4, -0.2) is 70.6 Å². The summed E-state index contributed by atoms with van der Waals surface area (Å²) in [7, 11) is 3.88. The molecule has 0 spiro atoms. The molecule has 1 atom stereocenters. The normalized spacial score (nSPS) is 16.0. The molecule has 8 heteroatoms. The van der Waals surface area contributed by atoms with E-state index in [9.17, 15) is 14.7 Å². The molecule has 1 fully saturated rings. The molecule has 1 aliphatic heterocycles. The van der Waals surface area contributed by atoms with Crippen LogP contribution in [-0.2, 0) is 4.79 Å². The summed E-state index contributed by atoms with van der Waals surface area (Å²) in [6.07, 6.45) is 0.975. The number of rotatable bonds is 6. The summed E-state index contributed by atoms with van der Waals surface area (Å²) < 4.78 is 5.69. The van der Waals surface area contributed by atoms with Gasteiger partial charge in [0.15, 0.2) is 6.61 Å². The minimum absolute atomic E-state index is 0.0213. The summed E-state index contributed by atoms with van der Waals surface area (Å²) in [5.41, 5.74) is 2.91. The van der Waals surface area contributed by atoms with Crippen molar-refractivity contribution < 1.29 is 14.6 Å². The maximum atomic E-state index is 12.5. The predicted octanol–water partition coefficient (Wildman–Crippen LogP) is 2.66. The molecular weight excluding hydrogens is 420 g/mol. The molecule has 2 heterocycles. The zero-order valence-corrected chi connectivity index (χ0v) is 19.0. The molecule has 0 aliphatic carbocycles. The van der Waals surface area contributed by atoms with Crippen LogP contribution in [0.15, 0.2) is 53.3 Å². The second kappa shape index (κ2) is 9.46. The molecule has 2 N–H and O–H groups in total. The fourth-order valence-corrected chi connectivity index (χ4v) is 3.98. The van der Waals surface area contributed by atoms with Crippen LogP contribution in [0.3, 0.4) is 0 Å². The highest BCUT2D eigenvalue weighted by Gasteiger charge is 2.26. The third-order valence-corrected chi connectivity index (χ3v) is 6.07. The van der Waals surface area contributed by atoms with Crippen molar-refractivity contribution in [3.05, 3.63) is 64.6 Å². The van der Waals surface area contributed by atoms with Gasteiger partial charge in [0.1, 0.15) is 11.5 Å². The van der Waals surface area contributed by atoms with Gasteiger partial charge in [-0.1, -0.05) is 0 Å². The Kier molecular flexibility index (Phi) is 6.46. The molecule has 172 valence electrons. The van der Waals surface area contributed by atoms with E-state index in [0.717, 1.165) is 30.6 Å². The topological polar surface area (TPSA) is 98.8 Å². The van der Waals surface area contributed by atoms with Gasteiger partial charge in [-0.05, 0) is 86.6 Å². The van der Waals surface area contributed by atoms with E-state index >= 15 is 0 Å². The highest BCUT2D eigenvalue weighted by Crippen LogP contribution is 2.27. The molecule has 1 unspecified atom stereocenters. The van der Waals surface area contributed by atoms with Crippen LogP contribution in [0.2, 0.25) is 0 Å². The first kappa shape index (κ1) is 22.5. The highest BCUT2D eigenvalue weighted by atomic mass is 16.5. The SMILES string of the molecule is Cc1cc(-c2cc(-c3ccc(OCC(=O)N(C)C4CCN(C)C4)cc3)[nH]c(=O)n2)ccc1O. The van der Waals surface area contributed by atoms with Crippen LogP contribution >= 0.6 is 0 Å². The van der Waals surface area contributed by atoms with Crippen molar-refractivity contribution in [3.8, 4) is 34.0 Å². The van der Waals surface area contributed by atoms with Gasteiger partial charge in [-0.15, -0.1) is 0 Å². The minimum Gasteiger partial charge on any atom is -0.508 e. The Morgan fingerprint density at radius 1 is 1.21 bits per heavy atom. The lowest BCUT2D eigenvalue weighted by Gasteiger charge is -2.24. The Hall–Kier alpha value is -3.65. The van der Waals surface area contributed by atoms with Crippen LogP contribution in [0.25, 0.3) is 22.5 Å². The van der Waals surface area contributed by atoms with Gasteiger partial charge >= 0.3 is 5.69 Å². The summed E-state index contributed by atoms with van der Waals surface area (Å²) in [6, 6.07) is 14.3.